The van der Waals surface area contributed by atoms with Crippen molar-refractivity contribution < 1.29 is 9.13 Å². The Labute approximate surface area is 128 Å². The van der Waals surface area contributed by atoms with Gasteiger partial charge in [0.25, 0.3) is 0 Å². The van der Waals surface area contributed by atoms with Crippen molar-refractivity contribution in [3.63, 3.8) is 0 Å². The maximum atomic E-state index is 14.5. The molecule has 0 spiro atoms. The van der Waals surface area contributed by atoms with E-state index in [4.69, 9.17) is 4.74 Å². The van der Waals surface area contributed by atoms with Gasteiger partial charge in [0.1, 0.15) is 12.4 Å². The third kappa shape index (κ3) is 5.53. The summed E-state index contributed by atoms with van der Waals surface area (Å²) in [6, 6.07) is 9.43. The standard InChI is InChI=1S/C19H27FO/c1-16-9-5-3-6-10-17(16)13-14-19(2,20)15-21-18-11-7-4-8-12-18/h4,7-8,11-14,16-17H,3,5-6,9-10,15H2,1-2H3/b14-13+. The average Bonchev–Trinajstić information content (AvgIpc) is 2.69. The first-order chi connectivity index (χ1) is 10.1. The Kier molecular flexibility index (Phi) is 5.84. The minimum atomic E-state index is -1.41. The lowest BCUT2D eigenvalue weighted by molar-refractivity contribution is 0.146. The van der Waals surface area contributed by atoms with E-state index in [1.54, 1.807) is 13.0 Å². The number of rotatable bonds is 5. The van der Waals surface area contributed by atoms with E-state index in [1.807, 2.05) is 30.3 Å². The van der Waals surface area contributed by atoms with Crippen LogP contribution in [-0.4, -0.2) is 12.3 Å². The fraction of sp³-hybridized carbons (Fsp3) is 0.579. The molecule has 116 valence electrons. The summed E-state index contributed by atoms with van der Waals surface area (Å²) in [6.07, 6.45) is 10.1. The minimum Gasteiger partial charge on any atom is -0.490 e. The highest BCUT2D eigenvalue weighted by Crippen LogP contribution is 2.30. The van der Waals surface area contributed by atoms with Crippen LogP contribution in [0.1, 0.15) is 46.0 Å². The number of benzene rings is 1. The molecule has 3 unspecified atom stereocenters. The maximum absolute atomic E-state index is 14.5. The Morgan fingerprint density at radius 2 is 1.90 bits per heavy atom. The predicted molar refractivity (Wildman–Crippen MR) is 86.3 cm³/mol. The van der Waals surface area contributed by atoms with Gasteiger partial charge in [-0.05, 0) is 43.4 Å². The van der Waals surface area contributed by atoms with Gasteiger partial charge >= 0.3 is 0 Å². The summed E-state index contributed by atoms with van der Waals surface area (Å²) < 4.78 is 20.1. The smallest absolute Gasteiger partial charge is 0.160 e. The van der Waals surface area contributed by atoms with Crippen LogP contribution in [0.5, 0.6) is 5.75 Å². The van der Waals surface area contributed by atoms with E-state index < -0.39 is 5.67 Å². The molecule has 1 nitrogen and oxygen atoms in total. The molecule has 0 aromatic heterocycles. The second-order valence-corrected chi connectivity index (χ2v) is 6.52. The summed E-state index contributed by atoms with van der Waals surface area (Å²) >= 11 is 0. The van der Waals surface area contributed by atoms with Gasteiger partial charge in [0.15, 0.2) is 5.67 Å². The molecule has 1 aliphatic rings. The van der Waals surface area contributed by atoms with E-state index in [-0.39, 0.29) is 6.61 Å². The Morgan fingerprint density at radius 1 is 1.19 bits per heavy atom. The monoisotopic (exact) mass is 290 g/mol. The molecule has 0 N–H and O–H groups in total. The molecule has 3 atom stereocenters. The number of para-hydroxylation sites is 1. The number of alkyl halides is 1. The number of hydrogen-bond acceptors (Lipinski definition) is 1. The third-order valence-electron chi connectivity index (χ3n) is 4.38. The van der Waals surface area contributed by atoms with Gasteiger partial charge in [-0.2, -0.15) is 0 Å². The molecule has 2 heteroatoms. The van der Waals surface area contributed by atoms with Crippen molar-refractivity contribution in [2.75, 3.05) is 6.61 Å². The van der Waals surface area contributed by atoms with Crippen molar-refractivity contribution >= 4 is 0 Å². The van der Waals surface area contributed by atoms with Crippen LogP contribution in [0.25, 0.3) is 0 Å². The van der Waals surface area contributed by atoms with Gasteiger partial charge in [-0.25, -0.2) is 4.39 Å². The molecule has 0 bridgehead atoms. The van der Waals surface area contributed by atoms with Crippen molar-refractivity contribution in [2.24, 2.45) is 11.8 Å². The maximum Gasteiger partial charge on any atom is 0.160 e. The zero-order valence-corrected chi connectivity index (χ0v) is 13.2. The van der Waals surface area contributed by atoms with Crippen molar-refractivity contribution in [1.82, 2.24) is 0 Å². The Balaban J connectivity index is 1.88. The van der Waals surface area contributed by atoms with Crippen LogP contribution < -0.4 is 4.74 Å². The van der Waals surface area contributed by atoms with Crippen LogP contribution in [0, 0.1) is 11.8 Å². The molecule has 0 aliphatic heterocycles. The summed E-state index contributed by atoms with van der Waals surface area (Å²) in [7, 11) is 0. The molecule has 0 radical (unpaired) electrons. The Morgan fingerprint density at radius 3 is 2.67 bits per heavy atom. The van der Waals surface area contributed by atoms with Crippen molar-refractivity contribution in [2.45, 2.75) is 51.6 Å². The normalized spacial score (nSPS) is 26.2. The van der Waals surface area contributed by atoms with E-state index in [9.17, 15) is 4.39 Å². The molecule has 0 amide bonds. The summed E-state index contributed by atoms with van der Waals surface area (Å²) in [4.78, 5) is 0. The van der Waals surface area contributed by atoms with Gasteiger partial charge in [0, 0.05) is 0 Å². The Bertz CT molecular complexity index is 438. The lowest BCUT2D eigenvalue weighted by atomic mass is 9.88. The summed E-state index contributed by atoms with van der Waals surface area (Å²) in [5, 5.41) is 0. The van der Waals surface area contributed by atoms with E-state index in [0.717, 1.165) is 5.75 Å². The van der Waals surface area contributed by atoms with Gasteiger partial charge in [0.05, 0.1) is 0 Å². The van der Waals surface area contributed by atoms with Gasteiger partial charge in [-0.15, -0.1) is 0 Å². The molecule has 1 fully saturated rings. The van der Waals surface area contributed by atoms with Gasteiger partial charge in [-0.3, -0.25) is 0 Å². The van der Waals surface area contributed by atoms with Crippen LogP contribution >= 0.6 is 0 Å². The minimum absolute atomic E-state index is 0.0641. The first kappa shape index (κ1) is 16.1. The SMILES string of the molecule is CC1CCCCCC1/C=C/C(C)(F)COc1ccccc1. The van der Waals surface area contributed by atoms with Crippen LogP contribution in [0.3, 0.4) is 0 Å². The first-order valence-corrected chi connectivity index (χ1v) is 8.13. The fourth-order valence-electron chi connectivity index (χ4n) is 2.92. The van der Waals surface area contributed by atoms with E-state index in [1.165, 1.54) is 32.1 Å². The van der Waals surface area contributed by atoms with Gasteiger partial charge in [-0.1, -0.05) is 56.9 Å². The van der Waals surface area contributed by atoms with Gasteiger partial charge in [0.2, 0.25) is 0 Å². The molecule has 2 rings (SSSR count). The molecule has 1 aromatic rings. The summed E-state index contributed by atoms with van der Waals surface area (Å²) in [6.45, 7) is 3.94. The molecule has 0 heterocycles. The molecule has 1 saturated carbocycles. The number of halogens is 1. The molecule has 21 heavy (non-hydrogen) atoms. The Hall–Kier alpha value is -1.31. The van der Waals surface area contributed by atoms with Crippen LogP contribution in [0.2, 0.25) is 0 Å². The highest BCUT2D eigenvalue weighted by molar-refractivity contribution is 5.21. The summed E-state index contributed by atoms with van der Waals surface area (Å²) in [5.41, 5.74) is -1.41. The highest BCUT2D eigenvalue weighted by Gasteiger charge is 2.23. The van der Waals surface area contributed by atoms with E-state index in [0.29, 0.717) is 11.8 Å². The topological polar surface area (TPSA) is 9.23 Å². The predicted octanol–water partition coefficient (Wildman–Crippen LogP) is 5.57. The molecular weight excluding hydrogens is 263 g/mol. The zero-order chi connectivity index (χ0) is 15.1. The highest BCUT2D eigenvalue weighted by atomic mass is 19.1. The zero-order valence-electron chi connectivity index (χ0n) is 13.2. The average molecular weight is 290 g/mol. The number of ether oxygens (including phenoxy) is 1. The molecule has 1 aromatic carbocycles. The van der Waals surface area contributed by atoms with Crippen molar-refractivity contribution in [3.05, 3.63) is 42.5 Å². The van der Waals surface area contributed by atoms with Crippen molar-refractivity contribution in [3.8, 4) is 5.75 Å². The molecule has 0 saturated heterocycles. The first-order valence-electron chi connectivity index (χ1n) is 8.13. The largest absolute Gasteiger partial charge is 0.490 e. The molecular formula is C19H27FO. The number of allylic oxidation sites excluding steroid dienone is 1. The lowest BCUT2D eigenvalue weighted by Crippen LogP contribution is -2.25. The lowest BCUT2D eigenvalue weighted by Gasteiger charge is -2.21. The van der Waals surface area contributed by atoms with E-state index in [2.05, 4.69) is 13.0 Å². The van der Waals surface area contributed by atoms with Crippen LogP contribution in [-0.2, 0) is 0 Å². The van der Waals surface area contributed by atoms with E-state index >= 15 is 0 Å². The summed E-state index contributed by atoms with van der Waals surface area (Å²) in [5.74, 6) is 1.89. The van der Waals surface area contributed by atoms with Crippen molar-refractivity contribution in [1.29, 1.82) is 0 Å². The fourth-order valence-corrected chi connectivity index (χ4v) is 2.92. The third-order valence-corrected chi connectivity index (χ3v) is 4.38. The van der Waals surface area contributed by atoms with Crippen LogP contribution in [0.4, 0.5) is 4.39 Å². The number of hydrogen-bond donors (Lipinski definition) is 0. The van der Waals surface area contributed by atoms with Gasteiger partial charge < -0.3 is 4.74 Å². The second-order valence-electron chi connectivity index (χ2n) is 6.52. The van der Waals surface area contributed by atoms with Crippen LogP contribution in [0.15, 0.2) is 42.5 Å². The second kappa shape index (κ2) is 7.63. The molecule has 1 aliphatic carbocycles. The quantitative estimate of drug-likeness (QED) is 0.509.